The first-order chi connectivity index (χ1) is 3.43. The monoisotopic (exact) mass is 132 g/mol. The van der Waals surface area contributed by atoms with Crippen LogP contribution in [0.15, 0.2) is 10.9 Å². The third-order valence-electron chi connectivity index (χ3n) is 0.580. The van der Waals surface area contributed by atoms with Gasteiger partial charge in [0.05, 0.1) is 5.51 Å². The highest BCUT2D eigenvalue weighted by Crippen LogP contribution is 2.07. The Morgan fingerprint density at radius 2 is 2.71 bits per heavy atom. The van der Waals surface area contributed by atoms with Crippen molar-refractivity contribution in [2.45, 2.75) is 0 Å². The van der Waals surface area contributed by atoms with Crippen LogP contribution in [0, 0.1) is 0 Å². The van der Waals surface area contributed by atoms with Gasteiger partial charge in [0, 0.05) is 5.38 Å². The van der Waals surface area contributed by atoms with Gasteiger partial charge >= 0.3 is 0 Å². The molecule has 0 aromatic carbocycles. The highest BCUT2D eigenvalue weighted by molar-refractivity contribution is 7.19. The predicted octanol–water partition coefficient (Wildman–Crippen LogP) is 1.35. The molecule has 1 aromatic heterocycles. The molecule has 0 amide bonds. The average Bonchev–Trinajstić information content (AvgIpc) is 2.14. The van der Waals surface area contributed by atoms with E-state index in [0.29, 0.717) is 0 Å². The second-order valence-electron chi connectivity index (χ2n) is 1.02. The van der Waals surface area contributed by atoms with E-state index in [-0.39, 0.29) is 0 Å². The van der Waals surface area contributed by atoms with Crippen molar-refractivity contribution in [3.8, 4) is 0 Å². The van der Waals surface area contributed by atoms with Crippen molar-refractivity contribution in [3.63, 3.8) is 0 Å². The molecule has 1 unspecified atom stereocenters. The van der Waals surface area contributed by atoms with Gasteiger partial charge in [-0.2, -0.15) is 0 Å². The second kappa shape index (κ2) is 2.24. The quantitative estimate of drug-likeness (QED) is 0.583. The van der Waals surface area contributed by atoms with Crippen LogP contribution in [-0.2, 0) is 0 Å². The summed E-state index contributed by atoms with van der Waals surface area (Å²) in [6.45, 7) is 0. The first-order valence-corrected chi connectivity index (χ1v) is 3.30. The minimum Gasteiger partial charge on any atom is -0.354 e. The first-order valence-electron chi connectivity index (χ1n) is 1.78. The lowest BCUT2D eigenvalue weighted by molar-refractivity contribution is 1.43. The highest BCUT2D eigenvalue weighted by Gasteiger charge is 1.82. The number of nitrogens with zero attached hydrogens (tertiary/aromatic N) is 1. The Morgan fingerprint density at radius 3 is 3.00 bits per heavy atom. The molecule has 0 radical (unpaired) electrons. The molecule has 0 fully saturated rings. The average molecular weight is 132 g/mol. The standard InChI is InChI=1S/C3H5N2PS/c6-5-3-1-7-2-4-3/h1-2,5H,6H2. The van der Waals surface area contributed by atoms with Crippen LogP contribution in [0.2, 0.25) is 0 Å². The normalized spacial score (nSPS) is 8.71. The van der Waals surface area contributed by atoms with Gasteiger partial charge in [-0.05, 0) is 9.39 Å². The SMILES string of the molecule is PNc1cscn1. The predicted molar refractivity (Wildman–Crippen MR) is 35.4 cm³/mol. The van der Waals surface area contributed by atoms with Gasteiger partial charge in [-0.25, -0.2) is 4.98 Å². The van der Waals surface area contributed by atoms with Gasteiger partial charge in [0.25, 0.3) is 0 Å². The summed E-state index contributed by atoms with van der Waals surface area (Å²) in [6.07, 6.45) is 0. The fraction of sp³-hybridized carbons (Fsp3) is 0. The maximum absolute atomic E-state index is 3.92. The van der Waals surface area contributed by atoms with Gasteiger partial charge in [-0.3, -0.25) is 0 Å². The lowest BCUT2D eigenvalue weighted by Gasteiger charge is -1.84. The summed E-state index contributed by atoms with van der Waals surface area (Å²) in [6, 6.07) is 0. The third-order valence-corrected chi connectivity index (χ3v) is 1.46. The Labute approximate surface area is 48.2 Å². The fourth-order valence-electron chi connectivity index (χ4n) is 0.284. The van der Waals surface area contributed by atoms with Crippen molar-refractivity contribution in [1.29, 1.82) is 0 Å². The number of hydrogen-bond acceptors (Lipinski definition) is 3. The van der Waals surface area contributed by atoms with Crippen LogP contribution >= 0.6 is 20.7 Å². The van der Waals surface area contributed by atoms with Crippen LogP contribution in [-0.4, -0.2) is 4.98 Å². The van der Waals surface area contributed by atoms with Gasteiger partial charge in [0.2, 0.25) is 0 Å². The molecule has 0 spiro atoms. The maximum Gasteiger partial charge on any atom is 0.139 e. The van der Waals surface area contributed by atoms with Gasteiger partial charge in [0.1, 0.15) is 5.82 Å². The van der Waals surface area contributed by atoms with Crippen LogP contribution in [0.4, 0.5) is 5.82 Å². The summed E-state index contributed by atoms with van der Waals surface area (Å²) in [5, 5.41) is 4.76. The van der Waals surface area contributed by atoms with Gasteiger partial charge in [-0.1, -0.05) is 0 Å². The molecule has 1 rings (SSSR count). The van der Waals surface area contributed by atoms with E-state index < -0.39 is 0 Å². The lowest BCUT2D eigenvalue weighted by Crippen LogP contribution is -1.73. The molecule has 7 heavy (non-hydrogen) atoms. The summed E-state index contributed by atoms with van der Waals surface area (Å²) in [4.78, 5) is 3.92. The van der Waals surface area contributed by atoms with Crippen LogP contribution in [0.25, 0.3) is 0 Å². The molecular formula is C3H5N2PS. The third kappa shape index (κ3) is 1.11. The van der Waals surface area contributed by atoms with E-state index >= 15 is 0 Å². The molecule has 1 aromatic rings. The smallest absolute Gasteiger partial charge is 0.139 e. The molecule has 0 saturated carbocycles. The zero-order valence-electron chi connectivity index (χ0n) is 3.59. The minimum atomic E-state index is 0.912. The van der Waals surface area contributed by atoms with Crippen LogP contribution in [0.1, 0.15) is 0 Å². The molecule has 0 saturated heterocycles. The fourth-order valence-corrected chi connectivity index (χ4v) is 1.06. The molecule has 1 atom stereocenters. The number of thiazole rings is 1. The van der Waals surface area contributed by atoms with E-state index in [1.165, 1.54) is 0 Å². The van der Waals surface area contributed by atoms with Crippen molar-refractivity contribution >= 4 is 26.5 Å². The van der Waals surface area contributed by atoms with Crippen LogP contribution in [0.5, 0.6) is 0 Å². The molecule has 0 bridgehead atoms. The van der Waals surface area contributed by atoms with E-state index in [0.717, 1.165) is 5.82 Å². The summed E-state index contributed by atoms with van der Waals surface area (Å²) in [5.41, 5.74) is 1.78. The largest absolute Gasteiger partial charge is 0.354 e. The Kier molecular flexibility index (Phi) is 1.60. The first kappa shape index (κ1) is 5.01. The molecule has 0 aliphatic carbocycles. The number of nitrogens with one attached hydrogen (secondary N) is 1. The van der Waals surface area contributed by atoms with Crippen LogP contribution < -0.4 is 5.09 Å². The number of rotatable bonds is 1. The minimum absolute atomic E-state index is 0.912. The van der Waals surface area contributed by atoms with Gasteiger partial charge in [0.15, 0.2) is 0 Å². The zero-order valence-corrected chi connectivity index (χ0v) is 5.56. The molecular weight excluding hydrogens is 127 g/mol. The summed E-state index contributed by atoms with van der Waals surface area (Å²) in [5.74, 6) is 0.912. The van der Waals surface area contributed by atoms with Crippen LogP contribution in [0.3, 0.4) is 0 Å². The van der Waals surface area contributed by atoms with E-state index in [2.05, 4.69) is 19.5 Å². The second-order valence-corrected chi connectivity index (χ2v) is 2.03. The van der Waals surface area contributed by atoms with E-state index in [4.69, 9.17) is 0 Å². The Morgan fingerprint density at radius 1 is 1.86 bits per heavy atom. The maximum atomic E-state index is 3.92. The summed E-state index contributed by atoms with van der Waals surface area (Å²) < 4.78 is 0. The summed E-state index contributed by atoms with van der Waals surface area (Å²) >= 11 is 1.58. The van der Waals surface area contributed by atoms with Crippen molar-refractivity contribution in [1.82, 2.24) is 4.98 Å². The molecule has 1 N–H and O–H groups in total. The van der Waals surface area contributed by atoms with Crippen molar-refractivity contribution in [2.24, 2.45) is 0 Å². The van der Waals surface area contributed by atoms with E-state index in [9.17, 15) is 0 Å². The number of hydrogen-bond donors (Lipinski definition) is 1. The number of anilines is 1. The van der Waals surface area contributed by atoms with Crippen molar-refractivity contribution < 1.29 is 0 Å². The van der Waals surface area contributed by atoms with E-state index in [1.54, 1.807) is 16.8 Å². The Hall–Kier alpha value is -0.140. The zero-order chi connectivity index (χ0) is 5.11. The van der Waals surface area contributed by atoms with E-state index in [1.807, 2.05) is 5.38 Å². The Balaban J connectivity index is 2.76. The van der Waals surface area contributed by atoms with Crippen molar-refractivity contribution in [2.75, 3.05) is 5.09 Å². The highest BCUT2D eigenvalue weighted by atomic mass is 32.1. The molecule has 38 valence electrons. The van der Waals surface area contributed by atoms with Gasteiger partial charge < -0.3 is 5.09 Å². The molecule has 1 heterocycles. The topological polar surface area (TPSA) is 24.9 Å². The number of aromatic nitrogens is 1. The molecule has 2 nitrogen and oxygen atoms in total. The molecule has 0 aliphatic heterocycles. The van der Waals surface area contributed by atoms with Gasteiger partial charge in [-0.15, -0.1) is 11.3 Å². The molecule has 0 aliphatic rings. The van der Waals surface area contributed by atoms with Crippen molar-refractivity contribution in [3.05, 3.63) is 10.9 Å². The molecule has 4 heteroatoms. The Bertz CT molecular complexity index is 127. The summed E-state index contributed by atoms with van der Waals surface area (Å²) in [7, 11) is 2.38. The lowest BCUT2D eigenvalue weighted by atomic mass is 10.9.